The minimum Gasteiger partial charge on any atom is -0.494 e. The van der Waals surface area contributed by atoms with E-state index in [-0.39, 0.29) is 18.6 Å². The molecular formula is C24H24N2O5. The Bertz CT molecular complexity index is 1310. The van der Waals surface area contributed by atoms with Gasteiger partial charge in [0.1, 0.15) is 12.4 Å². The molecule has 7 nitrogen and oxygen atoms in total. The first-order chi connectivity index (χ1) is 14.9. The highest BCUT2D eigenvalue weighted by Gasteiger charge is 2.45. The van der Waals surface area contributed by atoms with Crippen LogP contribution in [0.2, 0.25) is 0 Å². The minimum absolute atomic E-state index is 0.125. The first-order valence-electron chi connectivity index (χ1n) is 10.7. The van der Waals surface area contributed by atoms with Crippen LogP contribution in [0.5, 0.6) is 5.75 Å². The molecule has 160 valence electrons. The summed E-state index contributed by atoms with van der Waals surface area (Å²) < 4.78 is 12.5. The molecule has 0 bridgehead atoms. The van der Waals surface area contributed by atoms with E-state index in [9.17, 15) is 14.7 Å². The van der Waals surface area contributed by atoms with E-state index in [4.69, 9.17) is 14.5 Å². The number of benzene rings is 1. The number of hydrogen-bond acceptors (Lipinski definition) is 6. The Balaban J connectivity index is 1.78. The van der Waals surface area contributed by atoms with E-state index in [0.717, 1.165) is 39.9 Å². The largest absolute Gasteiger partial charge is 0.494 e. The molecule has 0 saturated carbocycles. The molecule has 0 amide bonds. The van der Waals surface area contributed by atoms with Crippen molar-refractivity contribution in [2.75, 3.05) is 6.61 Å². The van der Waals surface area contributed by atoms with Crippen LogP contribution in [-0.2, 0) is 34.7 Å². The monoisotopic (exact) mass is 420 g/mol. The summed E-state index contributed by atoms with van der Waals surface area (Å²) in [4.78, 5) is 30.5. The minimum atomic E-state index is -1.82. The van der Waals surface area contributed by atoms with Gasteiger partial charge >= 0.3 is 5.97 Å². The highest BCUT2D eigenvalue weighted by Crippen LogP contribution is 2.40. The number of pyridine rings is 2. The van der Waals surface area contributed by atoms with Crippen LogP contribution in [-0.4, -0.2) is 27.2 Å². The number of carbonyl (C=O) groups excluding carboxylic acids is 1. The molecule has 31 heavy (non-hydrogen) atoms. The van der Waals surface area contributed by atoms with Crippen LogP contribution in [0.3, 0.4) is 0 Å². The maximum Gasteiger partial charge on any atom is 0.343 e. The van der Waals surface area contributed by atoms with Crippen LogP contribution in [0.1, 0.15) is 49.4 Å². The Kier molecular flexibility index (Phi) is 4.41. The van der Waals surface area contributed by atoms with Crippen LogP contribution < -0.4 is 10.3 Å². The molecule has 5 rings (SSSR count). The Morgan fingerprint density at radius 1 is 1.19 bits per heavy atom. The van der Waals surface area contributed by atoms with E-state index in [1.807, 2.05) is 25.1 Å². The number of hydrogen-bond donors (Lipinski definition) is 1. The SMILES string of the molecule is CCOc1ccc2nc3c(c(CC)c2c1)Cn1c-3cc2c(c1=O)COC(=O)[C@]2(O)CC. The maximum absolute atomic E-state index is 13.3. The zero-order valence-corrected chi connectivity index (χ0v) is 17.8. The summed E-state index contributed by atoms with van der Waals surface area (Å²) in [5, 5.41) is 12.0. The van der Waals surface area contributed by atoms with Crippen LogP contribution in [0, 0.1) is 0 Å². The average Bonchev–Trinajstić information content (AvgIpc) is 3.14. The van der Waals surface area contributed by atoms with Crippen molar-refractivity contribution in [1.82, 2.24) is 9.55 Å². The van der Waals surface area contributed by atoms with Gasteiger partial charge in [0.05, 0.1) is 35.6 Å². The van der Waals surface area contributed by atoms with Crippen molar-refractivity contribution >= 4 is 16.9 Å². The summed E-state index contributed by atoms with van der Waals surface area (Å²) in [7, 11) is 0. The van der Waals surface area contributed by atoms with Crippen LogP contribution in [0.15, 0.2) is 29.1 Å². The third-order valence-corrected chi connectivity index (χ3v) is 6.44. The van der Waals surface area contributed by atoms with Crippen LogP contribution >= 0.6 is 0 Å². The van der Waals surface area contributed by atoms with Crippen molar-refractivity contribution in [3.05, 3.63) is 56.9 Å². The Morgan fingerprint density at radius 3 is 2.71 bits per heavy atom. The van der Waals surface area contributed by atoms with Gasteiger partial charge in [-0.2, -0.15) is 0 Å². The topological polar surface area (TPSA) is 90.7 Å². The molecule has 2 aromatic heterocycles. The zero-order valence-electron chi connectivity index (χ0n) is 17.8. The summed E-state index contributed by atoms with van der Waals surface area (Å²) in [6.45, 7) is 6.59. The second kappa shape index (κ2) is 6.92. The fraction of sp³-hybridized carbons (Fsp3) is 0.375. The first kappa shape index (κ1) is 19.8. The normalized spacial score (nSPS) is 19.0. The molecule has 3 aromatic rings. The standard InChI is InChI=1S/C24H24N2O5/c1-4-14-15-9-13(30-6-3)7-8-19(15)25-21-16(14)11-26-20(21)10-18-17(22(26)27)12-31-23(28)24(18,29)5-2/h7-10,29H,4-6,11-12H2,1-3H3/t24-/m0/s1. The van der Waals surface area contributed by atoms with Gasteiger partial charge < -0.3 is 19.1 Å². The van der Waals surface area contributed by atoms with E-state index in [2.05, 4.69) is 6.92 Å². The molecule has 0 radical (unpaired) electrons. The number of carbonyl (C=O) groups is 1. The number of aryl methyl sites for hydroxylation is 1. The molecule has 0 unspecified atom stereocenters. The number of rotatable bonds is 4. The predicted octanol–water partition coefficient (Wildman–Crippen LogP) is 3.04. The van der Waals surface area contributed by atoms with Crippen molar-refractivity contribution < 1.29 is 19.4 Å². The molecule has 7 heteroatoms. The van der Waals surface area contributed by atoms with E-state index in [0.29, 0.717) is 30.0 Å². The van der Waals surface area contributed by atoms with E-state index < -0.39 is 11.6 Å². The second-order valence-electron chi connectivity index (χ2n) is 7.99. The van der Waals surface area contributed by atoms with E-state index in [1.54, 1.807) is 17.6 Å². The zero-order chi connectivity index (χ0) is 21.9. The molecule has 0 spiro atoms. The number of esters is 1. The van der Waals surface area contributed by atoms with Gasteiger partial charge in [-0.15, -0.1) is 0 Å². The van der Waals surface area contributed by atoms with Crippen molar-refractivity contribution in [2.24, 2.45) is 0 Å². The first-order valence-corrected chi connectivity index (χ1v) is 10.7. The number of nitrogens with zero attached hydrogens (tertiary/aromatic N) is 2. The summed E-state index contributed by atoms with van der Waals surface area (Å²) >= 11 is 0. The highest BCUT2D eigenvalue weighted by atomic mass is 16.6. The van der Waals surface area contributed by atoms with Gasteiger partial charge in [-0.05, 0) is 49.6 Å². The van der Waals surface area contributed by atoms with E-state index >= 15 is 0 Å². The fourth-order valence-electron chi connectivity index (χ4n) is 4.80. The number of aromatic nitrogens is 2. The van der Waals surface area contributed by atoms with Gasteiger partial charge in [0.15, 0.2) is 5.60 Å². The molecule has 2 aliphatic rings. The van der Waals surface area contributed by atoms with Crippen LogP contribution in [0.25, 0.3) is 22.3 Å². The molecule has 1 atom stereocenters. The second-order valence-corrected chi connectivity index (χ2v) is 7.99. The summed E-state index contributed by atoms with van der Waals surface area (Å²) in [5.41, 5.74) is 2.91. The highest BCUT2D eigenvalue weighted by molar-refractivity contribution is 5.90. The molecule has 0 aliphatic carbocycles. The molecule has 4 heterocycles. The lowest BCUT2D eigenvalue weighted by Crippen LogP contribution is -2.44. The van der Waals surface area contributed by atoms with Gasteiger partial charge in [0.25, 0.3) is 5.56 Å². The lowest BCUT2D eigenvalue weighted by Gasteiger charge is -2.31. The van der Waals surface area contributed by atoms with Gasteiger partial charge in [-0.25, -0.2) is 9.78 Å². The van der Waals surface area contributed by atoms with Gasteiger partial charge in [-0.1, -0.05) is 13.8 Å². The van der Waals surface area contributed by atoms with Crippen molar-refractivity contribution in [3.63, 3.8) is 0 Å². The maximum atomic E-state index is 13.3. The predicted molar refractivity (Wildman–Crippen MR) is 115 cm³/mol. The fourth-order valence-corrected chi connectivity index (χ4v) is 4.80. The number of cyclic esters (lactones) is 1. The Morgan fingerprint density at radius 2 is 2.00 bits per heavy atom. The Hall–Kier alpha value is -3.19. The molecule has 1 N–H and O–H groups in total. The summed E-state index contributed by atoms with van der Waals surface area (Å²) in [6, 6.07) is 7.58. The number of fused-ring (bicyclic) bond motifs is 5. The molecule has 1 aromatic carbocycles. The van der Waals surface area contributed by atoms with Gasteiger partial charge in [-0.3, -0.25) is 4.79 Å². The summed E-state index contributed by atoms with van der Waals surface area (Å²) in [5.74, 6) is 0.0764. The van der Waals surface area contributed by atoms with Crippen molar-refractivity contribution in [3.8, 4) is 17.1 Å². The van der Waals surface area contributed by atoms with E-state index in [1.165, 1.54) is 0 Å². The molecule has 2 aliphatic heterocycles. The van der Waals surface area contributed by atoms with Crippen molar-refractivity contribution in [1.29, 1.82) is 0 Å². The molecular weight excluding hydrogens is 396 g/mol. The lowest BCUT2D eigenvalue weighted by molar-refractivity contribution is -0.172. The number of aliphatic hydroxyl groups is 1. The third-order valence-electron chi connectivity index (χ3n) is 6.44. The molecule has 0 saturated heterocycles. The van der Waals surface area contributed by atoms with Crippen molar-refractivity contribution in [2.45, 2.75) is 52.4 Å². The quantitative estimate of drug-likeness (QED) is 0.511. The third kappa shape index (κ3) is 2.66. The lowest BCUT2D eigenvalue weighted by atomic mass is 9.86. The van der Waals surface area contributed by atoms with Gasteiger partial charge in [0.2, 0.25) is 0 Å². The van der Waals surface area contributed by atoms with Gasteiger partial charge in [0, 0.05) is 16.5 Å². The molecule has 0 fully saturated rings. The smallest absolute Gasteiger partial charge is 0.343 e. The van der Waals surface area contributed by atoms with Crippen LogP contribution in [0.4, 0.5) is 0 Å². The average molecular weight is 420 g/mol. The summed E-state index contributed by atoms with van der Waals surface area (Å²) in [6.07, 6.45) is 0.903. The Labute approximate surface area is 179 Å². The number of ether oxygens (including phenoxy) is 2.